The molecule has 1 aromatic rings. The minimum atomic E-state index is -1.06. The normalized spacial score (nSPS) is 10.5. The van der Waals surface area contributed by atoms with Crippen LogP contribution in [0.1, 0.15) is 30.8 Å². The second kappa shape index (κ2) is 5.89. The minimum absolute atomic E-state index is 0.0638. The maximum atomic E-state index is 11.6. The van der Waals surface area contributed by atoms with E-state index in [1.165, 1.54) is 0 Å². The molecule has 10 heteroatoms. The standard InChI is InChI=1S/C9H12N4O6/c1-5(2)3-4-19-9(14)6-7(12(15)16)8(11-10-6)13(17)18/h5H,3-4H2,1-2H3,(H,10,11). The third-order valence-electron chi connectivity index (χ3n) is 2.21. The van der Waals surface area contributed by atoms with Gasteiger partial charge in [0.1, 0.15) is 0 Å². The number of hydrogen-bond acceptors (Lipinski definition) is 7. The van der Waals surface area contributed by atoms with Crippen LogP contribution in [0.25, 0.3) is 0 Å². The largest absolute Gasteiger partial charge is 0.461 e. The number of nitro groups is 2. The number of rotatable bonds is 6. The van der Waals surface area contributed by atoms with E-state index in [9.17, 15) is 25.0 Å². The van der Waals surface area contributed by atoms with Crippen LogP contribution in [0.5, 0.6) is 0 Å². The van der Waals surface area contributed by atoms with Gasteiger partial charge in [0.25, 0.3) is 5.69 Å². The van der Waals surface area contributed by atoms with Gasteiger partial charge in [-0.25, -0.2) is 4.79 Å². The van der Waals surface area contributed by atoms with Gasteiger partial charge in [-0.1, -0.05) is 18.9 Å². The molecular formula is C9H12N4O6. The number of carbonyl (C=O) groups excluding carboxylic acids is 1. The lowest BCUT2D eigenvalue weighted by Gasteiger charge is -2.04. The van der Waals surface area contributed by atoms with Crippen LogP contribution in [0.3, 0.4) is 0 Å². The van der Waals surface area contributed by atoms with E-state index in [4.69, 9.17) is 4.74 Å². The van der Waals surface area contributed by atoms with Gasteiger partial charge in [-0.05, 0) is 17.3 Å². The fourth-order valence-corrected chi connectivity index (χ4v) is 1.23. The zero-order valence-electron chi connectivity index (χ0n) is 10.3. The van der Waals surface area contributed by atoms with Gasteiger partial charge in [-0.3, -0.25) is 10.1 Å². The molecule has 0 amide bonds. The lowest BCUT2D eigenvalue weighted by atomic mass is 10.1. The number of hydrogen-bond donors (Lipinski definition) is 1. The first-order valence-electron chi connectivity index (χ1n) is 5.38. The first kappa shape index (κ1) is 14.5. The summed E-state index contributed by atoms with van der Waals surface area (Å²) in [6.07, 6.45) is 0.575. The SMILES string of the molecule is CC(C)CCOC(=O)c1n[nH]c([N+](=O)[O-])c1[N+](=O)[O-]. The molecule has 0 spiro atoms. The maximum absolute atomic E-state index is 11.6. The van der Waals surface area contributed by atoms with Crippen molar-refractivity contribution < 1.29 is 19.4 Å². The van der Waals surface area contributed by atoms with Gasteiger partial charge in [0.2, 0.25) is 0 Å². The van der Waals surface area contributed by atoms with Crippen LogP contribution in [0.4, 0.5) is 11.5 Å². The highest BCUT2D eigenvalue weighted by molar-refractivity contribution is 5.93. The summed E-state index contributed by atoms with van der Waals surface area (Å²) in [6.45, 7) is 3.89. The molecule has 19 heavy (non-hydrogen) atoms. The van der Waals surface area contributed by atoms with E-state index in [1.807, 2.05) is 18.9 Å². The summed E-state index contributed by atoms with van der Waals surface area (Å²) in [6, 6.07) is 0. The highest BCUT2D eigenvalue weighted by Crippen LogP contribution is 2.28. The zero-order chi connectivity index (χ0) is 14.6. The molecule has 1 aromatic heterocycles. The van der Waals surface area contributed by atoms with E-state index in [2.05, 4.69) is 5.10 Å². The molecule has 0 aliphatic rings. The summed E-state index contributed by atoms with van der Waals surface area (Å²) in [4.78, 5) is 30.8. The second-order valence-corrected chi connectivity index (χ2v) is 4.10. The van der Waals surface area contributed by atoms with Crippen LogP contribution in [-0.4, -0.2) is 32.6 Å². The Labute approximate surface area is 107 Å². The lowest BCUT2D eigenvalue weighted by molar-refractivity contribution is -0.424. The molecule has 104 valence electrons. The van der Waals surface area contributed by atoms with Gasteiger partial charge in [0.05, 0.1) is 11.5 Å². The van der Waals surface area contributed by atoms with Gasteiger partial charge >= 0.3 is 17.5 Å². The monoisotopic (exact) mass is 272 g/mol. The molecule has 0 radical (unpaired) electrons. The molecule has 0 unspecified atom stereocenters. The van der Waals surface area contributed by atoms with E-state index in [-0.39, 0.29) is 12.5 Å². The van der Waals surface area contributed by atoms with Crippen molar-refractivity contribution in [1.82, 2.24) is 10.2 Å². The quantitative estimate of drug-likeness (QED) is 0.468. The van der Waals surface area contributed by atoms with E-state index in [0.717, 1.165) is 0 Å². The summed E-state index contributed by atoms with van der Waals surface area (Å²) in [5, 5.41) is 26.4. The van der Waals surface area contributed by atoms with Crippen molar-refractivity contribution in [2.24, 2.45) is 5.92 Å². The summed E-state index contributed by atoms with van der Waals surface area (Å²) >= 11 is 0. The average Bonchev–Trinajstić information content (AvgIpc) is 2.72. The van der Waals surface area contributed by atoms with Crippen molar-refractivity contribution in [3.05, 3.63) is 25.9 Å². The van der Waals surface area contributed by atoms with Crippen LogP contribution in [0, 0.1) is 26.1 Å². The summed E-state index contributed by atoms with van der Waals surface area (Å²) in [5.74, 6) is -1.71. The molecule has 1 rings (SSSR count). The number of esters is 1. The highest BCUT2D eigenvalue weighted by atomic mass is 16.6. The van der Waals surface area contributed by atoms with Crippen LogP contribution in [0.2, 0.25) is 0 Å². The molecule has 0 atom stereocenters. The van der Waals surface area contributed by atoms with E-state index >= 15 is 0 Å². The van der Waals surface area contributed by atoms with Gasteiger partial charge in [0, 0.05) is 0 Å². The van der Waals surface area contributed by atoms with Crippen molar-refractivity contribution in [3.63, 3.8) is 0 Å². The Morgan fingerprint density at radius 3 is 2.47 bits per heavy atom. The Bertz CT molecular complexity index is 509. The van der Waals surface area contributed by atoms with Crippen molar-refractivity contribution in [2.45, 2.75) is 20.3 Å². The van der Waals surface area contributed by atoms with Crippen LogP contribution < -0.4 is 0 Å². The number of ether oxygens (including phenoxy) is 1. The average molecular weight is 272 g/mol. The molecule has 0 aliphatic heterocycles. The fourth-order valence-electron chi connectivity index (χ4n) is 1.23. The molecule has 0 aromatic carbocycles. The number of carbonyl (C=O) groups is 1. The fraction of sp³-hybridized carbons (Fsp3) is 0.556. The number of nitrogens with zero attached hydrogens (tertiary/aromatic N) is 3. The predicted molar refractivity (Wildman–Crippen MR) is 61.6 cm³/mol. The lowest BCUT2D eigenvalue weighted by Crippen LogP contribution is -2.10. The maximum Gasteiger partial charge on any atom is 0.422 e. The minimum Gasteiger partial charge on any atom is -0.461 e. The first-order chi connectivity index (χ1) is 8.84. The number of nitrogens with one attached hydrogen (secondary N) is 1. The topological polar surface area (TPSA) is 141 Å². The van der Waals surface area contributed by atoms with E-state index in [1.54, 1.807) is 0 Å². The Morgan fingerprint density at radius 1 is 1.37 bits per heavy atom. The Morgan fingerprint density at radius 2 is 2.00 bits per heavy atom. The number of aromatic amines is 1. The molecule has 0 fully saturated rings. The van der Waals surface area contributed by atoms with Gasteiger partial charge in [-0.2, -0.15) is 0 Å². The zero-order valence-corrected chi connectivity index (χ0v) is 10.3. The molecule has 1 N–H and O–H groups in total. The molecular weight excluding hydrogens is 260 g/mol. The Kier molecular flexibility index (Phi) is 4.51. The molecule has 0 bridgehead atoms. The van der Waals surface area contributed by atoms with Crippen molar-refractivity contribution in [3.8, 4) is 0 Å². The number of aromatic nitrogens is 2. The highest BCUT2D eigenvalue weighted by Gasteiger charge is 2.37. The second-order valence-electron chi connectivity index (χ2n) is 4.10. The van der Waals surface area contributed by atoms with Gasteiger partial charge < -0.3 is 14.9 Å². The van der Waals surface area contributed by atoms with Crippen molar-refractivity contribution >= 4 is 17.5 Å². The molecule has 10 nitrogen and oxygen atoms in total. The van der Waals surface area contributed by atoms with Gasteiger partial charge in [0.15, 0.2) is 0 Å². The third-order valence-corrected chi connectivity index (χ3v) is 2.21. The van der Waals surface area contributed by atoms with Gasteiger partial charge in [-0.15, -0.1) is 5.10 Å². The summed E-state index contributed by atoms with van der Waals surface area (Å²) < 4.78 is 4.77. The summed E-state index contributed by atoms with van der Waals surface area (Å²) in [5.41, 5.74) is -1.68. The predicted octanol–water partition coefficient (Wildman–Crippen LogP) is 1.43. The molecule has 0 aliphatic carbocycles. The van der Waals surface area contributed by atoms with Crippen LogP contribution in [0.15, 0.2) is 0 Å². The summed E-state index contributed by atoms with van der Waals surface area (Å²) in [7, 11) is 0. The third kappa shape index (κ3) is 3.47. The van der Waals surface area contributed by atoms with Crippen molar-refractivity contribution in [2.75, 3.05) is 6.61 Å². The number of H-pyrrole nitrogens is 1. The van der Waals surface area contributed by atoms with Crippen molar-refractivity contribution in [1.29, 1.82) is 0 Å². The Balaban J connectivity index is 2.91. The molecule has 1 heterocycles. The Hall–Kier alpha value is -2.52. The molecule has 0 saturated heterocycles. The smallest absolute Gasteiger partial charge is 0.422 e. The van der Waals surface area contributed by atoms with Crippen LogP contribution in [-0.2, 0) is 4.74 Å². The molecule has 0 saturated carbocycles. The first-order valence-corrected chi connectivity index (χ1v) is 5.38. The van der Waals surface area contributed by atoms with E-state index in [0.29, 0.717) is 6.42 Å². The van der Waals surface area contributed by atoms with E-state index < -0.39 is 33.0 Å². The van der Waals surface area contributed by atoms with Crippen LogP contribution >= 0.6 is 0 Å².